The maximum absolute atomic E-state index is 12.9. The number of para-hydroxylation sites is 1. The zero-order valence-corrected chi connectivity index (χ0v) is 18.9. The number of guanidine groups is 1. The molecule has 3 aliphatic rings. The molecule has 1 saturated heterocycles. The highest BCUT2D eigenvalue weighted by molar-refractivity contribution is 5.81. The molecule has 1 atom stereocenters. The average Bonchev–Trinajstić information content (AvgIpc) is 3.53. The molecule has 1 aromatic rings. The van der Waals surface area contributed by atoms with Gasteiger partial charge in [0.05, 0.1) is 13.2 Å². The summed E-state index contributed by atoms with van der Waals surface area (Å²) in [6.45, 7) is 5.91. The second kappa shape index (κ2) is 10.9. The highest BCUT2D eigenvalue weighted by Crippen LogP contribution is 2.30. The molecule has 3 fully saturated rings. The van der Waals surface area contributed by atoms with E-state index in [1.165, 1.54) is 32.1 Å². The Morgan fingerprint density at radius 2 is 1.94 bits per heavy atom. The Morgan fingerprint density at radius 3 is 2.71 bits per heavy atom. The van der Waals surface area contributed by atoms with Gasteiger partial charge < -0.3 is 20.3 Å². The summed E-state index contributed by atoms with van der Waals surface area (Å²) in [5, 5.41) is 6.92. The van der Waals surface area contributed by atoms with Gasteiger partial charge in [0, 0.05) is 37.2 Å². The van der Waals surface area contributed by atoms with Crippen LogP contribution in [-0.2, 0) is 11.3 Å². The fraction of sp³-hybridized carbons (Fsp3) is 0.680. The Hall–Kier alpha value is -2.24. The monoisotopic (exact) mass is 426 g/mol. The zero-order chi connectivity index (χ0) is 21.5. The van der Waals surface area contributed by atoms with Crippen LogP contribution in [0.4, 0.5) is 0 Å². The predicted octanol–water partition coefficient (Wildman–Crippen LogP) is 3.71. The van der Waals surface area contributed by atoms with Crippen molar-refractivity contribution in [2.45, 2.75) is 70.9 Å². The van der Waals surface area contributed by atoms with Crippen molar-refractivity contribution < 1.29 is 9.53 Å². The Morgan fingerprint density at radius 1 is 1.13 bits per heavy atom. The van der Waals surface area contributed by atoms with Crippen molar-refractivity contribution in [3.8, 4) is 5.75 Å². The summed E-state index contributed by atoms with van der Waals surface area (Å²) in [4.78, 5) is 19.7. The van der Waals surface area contributed by atoms with E-state index >= 15 is 0 Å². The summed E-state index contributed by atoms with van der Waals surface area (Å²) in [5.41, 5.74) is 1.11. The standard InChI is InChI=1S/C25H38N4O2/c1-2-26-25(27-16-21-10-6-7-11-23(21)31-18-19-12-13-19)28-22-14-15-29(17-22)24(30)20-8-4-3-5-9-20/h6-7,10-11,19-20,22H,2-5,8-9,12-18H2,1H3,(H2,26,27,28). The van der Waals surface area contributed by atoms with Crippen molar-refractivity contribution in [2.24, 2.45) is 16.8 Å². The van der Waals surface area contributed by atoms with E-state index in [9.17, 15) is 4.79 Å². The first-order valence-corrected chi connectivity index (χ1v) is 12.3. The van der Waals surface area contributed by atoms with E-state index in [1.54, 1.807) is 0 Å². The SMILES string of the molecule is CCNC(=NCc1ccccc1OCC1CC1)NC1CCN(C(=O)C2CCCCC2)C1. The van der Waals surface area contributed by atoms with E-state index in [0.717, 1.165) is 68.7 Å². The lowest BCUT2D eigenvalue weighted by atomic mass is 9.88. The van der Waals surface area contributed by atoms with E-state index in [0.29, 0.717) is 12.5 Å². The molecule has 2 aliphatic carbocycles. The van der Waals surface area contributed by atoms with Crippen molar-refractivity contribution in [1.82, 2.24) is 15.5 Å². The first-order valence-electron chi connectivity index (χ1n) is 12.3. The molecule has 0 spiro atoms. The zero-order valence-electron chi connectivity index (χ0n) is 18.9. The topological polar surface area (TPSA) is 66.0 Å². The van der Waals surface area contributed by atoms with Crippen LogP contribution in [-0.4, -0.2) is 49.0 Å². The predicted molar refractivity (Wildman–Crippen MR) is 124 cm³/mol. The molecule has 1 unspecified atom stereocenters. The quantitative estimate of drug-likeness (QED) is 0.491. The van der Waals surface area contributed by atoms with E-state index in [4.69, 9.17) is 9.73 Å². The molecule has 0 radical (unpaired) electrons. The molecule has 1 aliphatic heterocycles. The maximum Gasteiger partial charge on any atom is 0.225 e. The summed E-state index contributed by atoms with van der Waals surface area (Å²) >= 11 is 0. The van der Waals surface area contributed by atoms with Crippen molar-refractivity contribution in [1.29, 1.82) is 0 Å². The number of carbonyl (C=O) groups excluding carboxylic acids is 1. The first kappa shape index (κ1) is 22.0. The van der Waals surface area contributed by atoms with Crippen LogP contribution in [0.5, 0.6) is 5.75 Å². The Balaban J connectivity index is 1.31. The van der Waals surface area contributed by atoms with Crippen LogP contribution >= 0.6 is 0 Å². The number of ether oxygens (including phenoxy) is 1. The normalized spacial score (nSPS) is 22.4. The minimum absolute atomic E-state index is 0.251. The minimum atomic E-state index is 0.251. The number of benzene rings is 1. The summed E-state index contributed by atoms with van der Waals surface area (Å²) in [5.74, 6) is 3.11. The molecule has 4 rings (SSSR count). The average molecular weight is 427 g/mol. The fourth-order valence-electron chi connectivity index (χ4n) is 4.63. The number of hydrogen-bond acceptors (Lipinski definition) is 3. The number of likely N-dealkylation sites (tertiary alicyclic amines) is 1. The fourth-order valence-corrected chi connectivity index (χ4v) is 4.63. The lowest BCUT2D eigenvalue weighted by Gasteiger charge is -2.26. The van der Waals surface area contributed by atoms with Crippen molar-refractivity contribution in [2.75, 3.05) is 26.2 Å². The van der Waals surface area contributed by atoms with Gasteiger partial charge in [-0.1, -0.05) is 37.5 Å². The van der Waals surface area contributed by atoms with Crippen LogP contribution in [0.2, 0.25) is 0 Å². The Labute approximate surface area is 186 Å². The number of carbonyl (C=O) groups is 1. The number of hydrogen-bond donors (Lipinski definition) is 2. The van der Waals surface area contributed by atoms with Gasteiger partial charge in [0.1, 0.15) is 5.75 Å². The molecule has 6 nitrogen and oxygen atoms in total. The highest BCUT2D eigenvalue weighted by atomic mass is 16.5. The lowest BCUT2D eigenvalue weighted by molar-refractivity contribution is -0.135. The number of rotatable bonds is 8. The molecule has 2 saturated carbocycles. The first-order chi connectivity index (χ1) is 15.2. The molecule has 1 heterocycles. The number of amides is 1. The molecule has 1 amide bonds. The Bertz CT molecular complexity index is 756. The smallest absolute Gasteiger partial charge is 0.225 e. The lowest BCUT2D eigenvalue weighted by Crippen LogP contribution is -2.45. The molecule has 31 heavy (non-hydrogen) atoms. The third-order valence-corrected chi connectivity index (χ3v) is 6.69. The second-order valence-corrected chi connectivity index (χ2v) is 9.31. The van der Waals surface area contributed by atoms with E-state index in [1.807, 2.05) is 18.2 Å². The summed E-state index contributed by atoms with van der Waals surface area (Å²) < 4.78 is 6.03. The highest BCUT2D eigenvalue weighted by Gasteiger charge is 2.31. The van der Waals surface area contributed by atoms with Gasteiger partial charge in [0.2, 0.25) is 5.91 Å². The van der Waals surface area contributed by atoms with Crippen LogP contribution in [0, 0.1) is 11.8 Å². The van der Waals surface area contributed by atoms with Gasteiger partial charge >= 0.3 is 0 Å². The van der Waals surface area contributed by atoms with Crippen LogP contribution < -0.4 is 15.4 Å². The minimum Gasteiger partial charge on any atom is -0.493 e. The Kier molecular flexibility index (Phi) is 7.71. The van der Waals surface area contributed by atoms with Gasteiger partial charge in [-0.15, -0.1) is 0 Å². The van der Waals surface area contributed by atoms with Crippen LogP contribution in [0.3, 0.4) is 0 Å². The molecule has 2 N–H and O–H groups in total. The molecule has 170 valence electrons. The van der Waals surface area contributed by atoms with E-state index < -0.39 is 0 Å². The van der Waals surface area contributed by atoms with Gasteiger partial charge in [-0.05, 0) is 51.0 Å². The van der Waals surface area contributed by atoms with Gasteiger partial charge in [-0.3, -0.25) is 4.79 Å². The van der Waals surface area contributed by atoms with Crippen molar-refractivity contribution in [3.63, 3.8) is 0 Å². The third kappa shape index (κ3) is 6.37. The summed E-state index contributed by atoms with van der Waals surface area (Å²) in [6.07, 6.45) is 9.38. The molecule has 0 aromatic heterocycles. The number of nitrogens with zero attached hydrogens (tertiary/aromatic N) is 2. The number of nitrogens with one attached hydrogen (secondary N) is 2. The molecule has 6 heteroatoms. The molecular weight excluding hydrogens is 388 g/mol. The maximum atomic E-state index is 12.9. The van der Waals surface area contributed by atoms with Crippen LogP contribution in [0.15, 0.2) is 29.3 Å². The summed E-state index contributed by atoms with van der Waals surface area (Å²) in [7, 11) is 0. The van der Waals surface area contributed by atoms with E-state index in [2.05, 4.69) is 28.5 Å². The molecular formula is C25H38N4O2. The number of aliphatic imine (C=N–C) groups is 1. The van der Waals surface area contributed by atoms with E-state index in [-0.39, 0.29) is 12.0 Å². The van der Waals surface area contributed by atoms with Gasteiger partial charge in [-0.2, -0.15) is 0 Å². The molecule has 1 aromatic carbocycles. The second-order valence-electron chi connectivity index (χ2n) is 9.31. The largest absolute Gasteiger partial charge is 0.493 e. The van der Waals surface area contributed by atoms with Crippen LogP contribution in [0.1, 0.15) is 63.9 Å². The third-order valence-electron chi connectivity index (χ3n) is 6.69. The summed E-state index contributed by atoms with van der Waals surface area (Å²) in [6, 6.07) is 8.46. The van der Waals surface area contributed by atoms with Gasteiger partial charge in [0.25, 0.3) is 0 Å². The van der Waals surface area contributed by atoms with Crippen molar-refractivity contribution >= 4 is 11.9 Å². The van der Waals surface area contributed by atoms with Crippen molar-refractivity contribution in [3.05, 3.63) is 29.8 Å². The van der Waals surface area contributed by atoms with Gasteiger partial charge in [0.15, 0.2) is 5.96 Å². The van der Waals surface area contributed by atoms with Crippen LogP contribution in [0.25, 0.3) is 0 Å². The molecule has 0 bridgehead atoms. The van der Waals surface area contributed by atoms with Gasteiger partial charge in [-0.25, -0.2) is 4.99 Å².